The molecule has 0 spiro atoms. The quantitative estimate of drug-likeness (QED) is 0.413. The predicted molar refractivity (Wildman–Crippen MR) is 22.5 cm³/mol. The maximum atomic E-state index is 4.74. The minimum Gasteiger partial charge on any atom is -0.309 e. The zero-order valence-corrected chi connectivity index (χ0v) is 3.62. The predicted octanol–water partition coefficient (Wildman–Crippen LogP) is 1.22. The summed E-state index contributed by atoms with van der Waals surface area (Å²) in [5.41, 5.74) is 0. The van der Waals surface area contributed by atoms with Gasteiger partial charge in [-0.05, 0) is 18.5 Å². The number of hydrogen-bond donors (Lipinski definition) is 0. The van der Waals surface area contributed by atoms with Crippen LogP contribution in [0, 0.1) is 6.61 Å². The molecule has 1 saturated heterocycles. The smallest absolute Gasteiger partial charge is 0.100 e. The Hall–Kier alpha value is 0.310. The first-order valence-electron chi connectivity index (χ1n) is 1.60. The maximum absolute atomic E-state index is 4.74. The van der Waals surface area contributed by atoms with Crippen LogP contribution in [0.5, 0.6) is 0 Å². The van der Waals surface area contributed by atoms with Crippen LogP contribution in [0.25, 0.3) is 0 Å². The molecule has 1 rings (SSSR count). The van der Waals surface area contributed by atoms with Crippen molar-refractivity contribution in [3.05, 3.63) is 6.61 Å². The molecule has 0 atom stereocenters. The Labute approximate surface area is 35.9 Å². The Kier molecular flexibility index (Phi) is 1.17. The Morgan fingerprint density at radius 3 is 3.00 bits per heavy atom. The van der Waals surface area contributed by atoms with Crippen molar-refractivity contribution < 1.29 is 4.18 Å². The zero-order valence-electron chi connectivity index (χ0n) is 2.81. The van der Waals surface area contributed by atoms with Gasteiger partial charge in [0.15, 0.2) is 0 Å². The zero-order chi connectivity index (χ0) is 3.54. The monoisotopic (exact) mass is 89.0 g/mol. The Morgan fingerprint density at radius 2 is 2.80 bits per heavy atom. The van der Waals surface area contributed by atoms with Gasteiger partial charge in [0.2, 0.25) is 0 Å². The molecule has 0 bridgehead atoms. The second kappa shape index (κ2) is 1.67. The van der Waals surface area contributed by atoms with Crippen LogP contribution in [0.3, 0.4) is 0 Å². The van der Waals surface area contributed by atoms with E-state index in [1.165, 1.54) is 12.0 Å². The highest BCUT2D eigenvalue weighted by molar-refractivity contribution is 7.94. The first kappa shape index (κ1) is 3.50. The van der Waals surface area contributed by atoms with Crippen molar-refractivity contribution in [2.45, 2.75) is 6.42 Å². The van der Waals surface area contributed by atoms with E-state index in [1.54, 1.807) is 0 Å². The molecule has 1 radical (unpaired) electrons. The lowest BCUT2D eigenvalue weighted by molar-refractivity contribution is 0.496. The highest BCUT2D eigenvalue weighted by Crippen LogP contribution is 2.16. The van der Waals surface area contributed by atoms with Gasteiger partial charge < -0.3 is 4.18 Å². The average Bonchev–Trinajstić information content (AvgIpc) is 1.76. The van der Waals surface area contributed by atoms with Crippen LogP contribution < -0.4 is 0 Å². The van der Waals surface area contributed by atoms with E-state index in [1.807, 2.05) is 6.61 Å². The van der Waals surface area contributed by atoms with Crippen molar-refractivity contribution in [1.29, 1.82) is 0 Å². The van der Waals surface area contributed by atoms with Crippen LogP contribution in [0.4, 0.5) is 0 Å². The van der Waals surface area contributed by atoms with Gasteiger partial charge in [-0.15, -0.1) is 0 Å². The van der Waals surface area contributed by atoms with Crippen molar-refractivity contribution in [2.75, 3.05) is 5.75 Å². The summed E-state index contributed by atoms with van der Waals surface area (Å²) in [5, 5.41) is 0. The molecular weight excluding hydrogens is 84.1 g/mol. The molecule has 0 aliphatic carbocycles. The van der Waals surface area contributed by atoms with Crippen molar-refractivity contribution in [3.8, 4) is 0 Å². The minimum atomic E-state index is 1.12. The molecule has 1 heterocycles. The molecule has 1 aliphatic heterocycles. The van der Waals surface area contributed by atoms with Gasteiger partial charge in [-0.3, -0.25) is 0 Å². The van der Waals surface area contributed by atoms with Crippen LogP contribution in [0.1, 0.15) is 6.42 Å². The lowest BCUT2D eigenvalue weighted by Gasteiger charge is -1.73. The second-order valence-corrected chi connectivity index (χ2v) is 1.71. The van der Waals surface area contributed by atoms with Gasteiger partial charge in [-0.1, -0.05) is 0 Å². The van der Waals surface area contributed by atoms with Crippen molar-refractivity contribution in [1.82, 2.24) is 0 Å². The average molecular weight is 89.1 g/mol. The number of hydrogen-bond acceptors (Lipinski definition) is 2. The highest BCUT2D eigenvalue weighted by Gasteiger charge is 1.97. The molecule has 0 N–H and O–H groups in total. The summed E-state index contributed by atoms with van der Waals surface area (Å²) >= 11 is 1.52. The molecule has 0 unspecified atom stereocenters. The van der Waals surface area contributed by atoms with E-state index in [9.17, 15) is 0 Å². The van der Waals surface area contributed by atoms with Crippen LogP contribution >= 0.6 is 12.0 Å². The summed E-state index contributed by atoms with van der Waals surface area (Å²) in [6.45, 7) is 1.82. The normalized spacial score (nSPS) is 24.0. The first-order chi connectivity index (χ1) is 2.50. The summed E-state index contributed by atoms with van der Waals surface area (Å²) in [4.78, 5) is 0. The molecule has 29 valence electrons. The fourth-order valence-electron chi connectivity index (χ4n) is 0.241. The molecule has 0 aromatic rings. The van der Waals surface area contributed by atoms with Gasteiger partial charge in [0.05, 0.1) is 0 Å². The van der Waals surface area contributed by atoms with Crippen LogP contribution in [-0.4, -0.2) is 5.75 Å². The van der Waals surface area contributed by atoms with Gasteiger partial charge in [0.25, 0.3) is 0 Å². The summed E-state index contributed by atoms with van der Waals surface area (Å²) in [5.74, 6) is 1.14. The van der Waals surface area contributed by atoms with Gasteiger partial charge in [-0.2, -0.15) is 0 Å². The molecule has 0 aromatic carbocycles. The fraction of sp³-hybridized carbons (Fsp3) is 0.667. The topological polar surface area (TPSA) is 9.23 Å². The molecule has 2 heteroatoms. The first-order valence-corrected chi connectivity index (χ1v) is 2.51. The van der Waals surface area contributed by atoms with E-state index in [2.05, 4.69) is 0 Å². The summed E-state index contributed by atoms with van der Waals surface area (Å²) in [7, 11) is 0. The van der Waals surface area contributed by atoms with E-state index >= 15 is 0 Å². The third-order valence-corrected chi connectivity index (χ3v) is 1.13. The van der Waals surface area contributed by atoms with Gasteiger partial charge in [-0.25, -0.2) is 0 Å². The van der Waals surface area contributed by atoms with Crippen LogP contribution in [0.15, 0.2) is 0 Å². The lowest BCUT2D eigenvalue weighted by Crippen LogP contribution is -1.58. The van der Waals surface area contributed by atoms with Crippen molar-refractivity contribution in [3.63, 3.8) is 0 Å². The standard InChI is InChI=1S/C3H5OS/c1-2-4-5-3-1/h2H,1,3H2. The summed E-state index contributed by atoms with van der Waals surface area (Å²) in [6.07, 6.45) is 1.12. The molecule has 0 amide bonds. The fourth-order valence-corrected chi connectivity index (χ4v) is 0.722. The van der Waals surface area contributed by atoms with E-state index in [0.29, 0.717) is 0 Å². The van der Waals surface area contributed by atoms with Gasteiger partial charge >= 0.3 is 0 Å². The van der Waals surface area contributed by atoms with E-state index < -0.39 is 0 Å². The molecule has 5 heavy (non-hydrogen) atoms. The van der Waals surface area contributed by atoms with Crippen LogP contribution in [-0.2, 0) is 4.18 Å². The second-order valence-electron chi connectivity index (χ2n) is 0.874. The summed E-state index contributed by atoms with van der Waals surface area (Å²) in [6, 6.07) is 0. The Morgan fingerprint density at radius 1 is 1.80 bits per heavy atom. The van der Waals surface area contributed by atoms with E-state index in [0.717, 1.165) is 12.2 Å². The Balaban J connectivity index is 2.08. The summed E-state index contributed by atoms with van der Waals surface area (Å²) < 4.78 is 4.74. The third kappa shape index (κ3) is 0.816. The van der Waals surface area contributed by atoms with Crippen LogP contribution in [0.2, 0.25) is 0 Å². The SMILES string of the molecule is [CH]1CCSO1. The molecule has 1 nitrogen and oxygen atoms in total. The van der Waals surface area contributed by atoms with Gasteiger partial charge in [0.1, 0.15) is 6.61 Å². The lowest BCUT2D eigenvalue weighted by atomic mass is 10.5. The molecule has 1 fully saturated rings. The van der Waals surface area contributed by atoms with Crippen molar-refractivity contribution >= 4 is 12.0 Å². The molecule has 1 aliphatic rings. The van der Waals surface area contributed by atoms with E-state index in [4.69, 9.17) is 4.18 Å². The third-order valence-electron chi connectivity index (χ3n) is 0.455. The number of rotatable bonds is 0. The minimum absolute atomic E-state index is 1.12. The Bertz CT molecular complexity index is 18.5. The highest BCUT2D eigenvalue weighted by atomic mass is 32.2. The molecule has 0 saturated carbocycles. The largest absolute Gasteiger partial charge is 0.309 e. The molecule has 0 aromatic heterocycles. The van der Waals surface area contributed by atoms with Gasteiger partial charge in [0, 0.05) is 5.75 Å². The maximum Gasteiger partial charge on any atom is 0.100 e. The van der Waals surface area contributed by atoms with Crippen molar-refractivity contribution in [2.24, 2.45) is 0 Å². The molecular formula is C3H5OS. The van der Waals surface area contributed by atoms with E-state index in [-0.39, 0.29) is 0 Å².